The van der Waals surface area contributed by atoms with Crippen molar-refractivity contribution in [3.8, 4) is 5.69 Å². The van der Waals surface area contributed by atoms with Gasteiger partial charge in [-0.15, -0.1) is 0 Å². The number of carbonyl (C=O) groups excluding carboxylic acids is 1. The van der Waals surface area contributed by atoms with Gasteiger partial charge in [-0.2, -0.15) is 5.10 Å². The highest BCUT2D eigenvalue weighted by Crippen LogP contribution is 2.24. The monoisotopic (exact) mass is 405 g/mol. The quantitative estimate of drug-likeness (QED) is 0.407. The Labute approximate surface area is 171 Å². The van der Waals surface area contributed by atoms with Crippen LogP contribution in [-0.2, 0) is 4.79 Å². The van der Waals surface area contributed by atoms with Gasteiger partial charge in [-0.05, 0) is 31.2 Å². The van der Waals surface area contributed by atoms with Gasteiger partial charge < -0.3 is 9.88 Å². The third-order valence-corrected chi connectivity index (χ3v) is 5.50. The highest BCUT2D eigenvalue weighted by atomic mass is 32.2. The maximum atomic E-state index is 12.8. The first-order valence-corrected chi connectivity index (χ1v) is 9.95. The van der Waals surface area contributed by atoms with Gasteiger partial charge in [-0.3, -0.25) is 9.59 Å². The van der Waals surface area contributed by atoms with Crippen LogP contribution < -0.4 is 10.5 Å². The average Bonchev–Trinajstić information content (AvgIpc) is 3.18. The molecule has 4 aromatic rings. The zero-order valence-corrected chi connectivity index (χ0v) is 16.8. The first-order chi connectivity index (χ1) is 14.0. The Hall–Kier alpha value is -3.39. The van der Waals surface area contributed by atoms with Gasteiger partial charge in [0.25, 0.3) is 5.56 Å². The van der Waals surface area contributed by atoms with E-state index < -0.39 is 5.25 Å². The minimum atomic E-state index is -0.436. The van der Waals surface area contributed by atoms with E-state index in [0.29, 0.717) is 16.2 Å². The van der Waals surface area contributed by atoms with Crippen LogP contribution in [-0.4, -0.2) is 38.0 Å². The molecule has 0 aliphatic carbocycles. The molecule has 1 N–H and O–H groups in total. The summed E-state index contributed by atoms with van der Waals surface area (Å²) in [4.78, 5) is 34.2. The lowest BCUT2D eigenvalue weighted by Gasteiger charge is -2.20. The number of nitrogens with zero attached hydrogens (tertiary/aromatic N) is 4. The van der Waals surface area contributed by atoms with Crippen LogP contribution >= 0.6 is 11.8 Å². The number of carbonyl (C=O) groups is 1. The fourth-order valence-electron chi connectivity index (χ4n) is 2.98. The zero-order chi connectivity index (χ0) is 20.4. The van der Waals surface area contributed by atoms with Gasteiger partial charge in [-0.1, -0.05) is 48.2 Å². The number of aromatic amines is 1. The minimum absolute atomic E-state index is 0.0829. The van der Waals surface area contributed by atoms with E-state index in [1.165, 1.54) is 18.0 Å². The number of nitrogens with one attached hydrogen (secondary N) is 1. The van der Waals surface area contributed by atoms with Crippen molar-refractivity contribution in [3.63, 3.8) is 0 Å². The molecule has 0 radical (unpaired) electrons. The molecule has 29 heavy (non-hydrogen) atoms. The average molecular weight is 405 g/mol. The van der Waals surface area contributed by atoms with E-state index in [1.807, 2.05) is 60.7 Å². The molecule has 0 saturated heterocycles. The summed E-state index contributed by atoms with van der Waals surface area (Å²) in [5.74, 6) is -0.0829. The molecule has 0 bridgehead atoms. The van der Waals surface area contributed by atoms with Gasteiger partial charge in [0.1, 0.15) is 5.39 Å². The standard InChI is InChI=1S/C21H19N5O2S/c1-14(20(28)25(2)15-9-5-3-6-10-15)29-21-23-18-17(19(27)24-21)13-22-26(18)16-11-7-4-8-12-16/h3-14H,1-2H3,(H,23,24,27)/t14-/m1/s1. The first kappa shape index (κ1) is 18.9. The molecular weight excluding hydrogens is 386 g/mol. The van der Waals surface area contributed by atoms with Gasteiger partial charge in [0.05, 0.1) is 17.1 Å². The number of hydrogen-bond acceptors (Lipinski definition) is 5. The Balaban J connectivity index is 1.63. The highest BCUT2D eigenvalue weighted by Gasteiger charge is 2.22. The predicted molar refractivity (Wildman–Crippen MR) is 115 cm³/mol. The molecule has 0 fully saturated rings. The Morgan fingerprint density at radius 1 is 1.10 bits per heavy atom. The highest BCUT2D eigenvalue weighted by molar-refractivity contribution is 8.00. The molecule has 0 unspecified atom stereocenters. The summed E-state index contributed by atoms with van der Waals surface area (Å²) >= 11 is 1.21. The molecule has 4 rings (SSSR count). The molecule has 0 aliphatic heterocycles. The summed E-state index contributed by atoms with van der Waals surface area (Å²) in [7, 11) is 1.73. The third kappa shape index (κ3) is 3.79. The Morgan fingerprint density at radius 3 is 2.45 bits per heavy atom. The van der Waals surface area contributed by atoms with Crippen molar-refractivity contribution in [2.75, 3.05) is 11.9 Å². The Bertz CT molecular complexity index is 1200. The minimum Gasteiger partial charge on any atom is -0.315 e. The molecule has 2 aromatic carbocycles. The van der Waals surface area contributed by atoms with E-state index >= 15 is 0 Å². The van der Waals surface area contributed by atoms with Crippen LogP contribution in [0.5, 0.6) is 0 Å². The molecule has 1 amide bonds. The maximum absolute atomic E-state index is 12.8. The fourth-order valence-corrected chi connectivity index (χ4v) is 3.87. The van der Waals surface area contributed by atoms with Gasteiger partial charge in [0.15, 0.2) is 10.8 Å². The van der Waals surface area contributed by atoms with Crippen molar-refractivity contribution in [3.05, 3.63) is 77.2 Å². The molecule has 0 aliphatic rings. The maximum Gasteiger partial charge on any atom is 0.262 e. The van der Waals surface area contributed by atoms with E-state index in [1.54, 1.807) is 23.6 Å². The van der Waals surface area contributed by atoms with Crippen LogP contribution in [0.1, 0.15) is 6.92 Å². The molecule has 2 aromatic heterocycles. The number of anilines is 1. The van der Waals surface area contributed by atoms with Crippen LogP contribution in [0.3, 0.4) is 0 Å². The van der Waals surface area contributed by atoms with E-state index in [-0.39, 0.29) is 11.5 Å². The second-order valence-corrected chi connectivity index (χ2v) is 7.82. The largest absolute Gasteiger partial charge is 0.315 e. The van der Waals surface area contributed by atoms with Crippen LogP contribution in [0.4, 0.5) is 5.69 Å². The van der Waals surface area contributed by atoms with E-state index in [9.17, 15) is 9.59 Å². The predicted octanol–water partition coefficient (Wildman–Crippen LogP) is 3.25. The van der Waals surface area contributed by atoms with Gasteiger partial charge in [0, 0.05) is 12.7 Å². The number of fused-ring (bicyclic) bond motifs is 1. The van der Waals surface area contributed by atoms with E-state index in [2.05, 4.69) is 15.1 Å². The SMILES string of the molecule is C[C@@H](Sc1nc2c(cnn2-c2ccccc2)c(=O)[nH]1)C(=O)N(C)c1ccccc1. The van der Waals surface area contributed by atoms with E-state index in [4.69, 9.17) is 0 Å². The van der Waals surface area contributed by atoms with Gasteiger partial charge in [-0.25, -0.2) is 9.67 Å². The van der Waals surface area contributed by atoms with E-state index in [0.717, 1.165) is 11.4 Å². The van der Waals surface area contributed by atoms with Crippen molar-refractivity contribution >= 4 is 34.4 Å². The number of hydrogen-bond donors (Lipinski definition) is 1. The van der Waals surface area contributed by atoms with Gasteiger partial charge >= 0.3 is 0 Å². The summed E-state index contributed by atoms with van der Waals surface area (Å²) in [6.45, 7) is 1.80. The number of H-pyrrole nitrogens is 1. The number of benzene rings is 2. The molecule has 0 spiro atoms. The summed E-state index contributed by atoms with van der Waals surface area (Å²) in [5.41, 5.74) is 1.79. The van der Waals surface area contributed by atoms with Gasteiger partial charge in [0.2, 0.25) is 5.91 Å². The number of para-hydroxylation sites is 2. The number of amides is 1. The Kier molecular flexibility index (Phi) is 5.18. The molecule has 0 saturated carbocycles. The van der Waals surface area contributed by atoms with Crippen LogP contribution in [0, 0.1) is 0 Å². The Morgan fingerprint density at radius 2 is 1.76 bits per heavy atom. The lowest BCUT2D eigenvalue weighted by molar-refractivity contribution is -0.117. The summed E-state index contributed by atoms with van der Waals surface area (Å²) in [6.07, 6.45) is 1.50. The fraction of sp³-hybridized carbons (Fsp3) is 0.143. The second kappa shape index (κ2) is 7.92. The number of rotatable bonds is 5. The van der Waals surface area contributed by atoms with Crippen molar-refractivity contribution in [1.82, 2.24) is 19.7 Å². The summed E-state index contributed by atoms with van der Waals surface area (Å²) < 4.78 is 1.62. The van der Waals surface area contributed by atoms with Crippen molar-refractivity contribution in [2.45, 2.75) is 17.3 Å². The number of aromatic nitrogens is 4. The van der Waals surface area contributed by atoms with Crippen molar-refractivity contribution < 1.29 is 4.79 Å². The van der Waals surface area contributed by atoms with Crippen molar-refractivity contribution in [2.24, 2.45) is 0 Å². The molecule has 2 heterocycles. The smallest absolute Gasteiger partial charge is 0.262 e. The molecule has 146 valence electrons. The third-order valence-electron chi connectivity index (χ3n) is 4.53. The van der Waals surface area contributed by atoms with Crippen molar-refractivity contribution in [1.29, 1.82) is 0 Å². The normalized spacial score (nSPS) is 12.1. The lowest BCUT2D eigenvalue weighted by atomic mass is 10.3. The summed E-state index contributed by atoms with van der Waals surface area (Å²) in [6, 6.07) is 18.9. The molecule has 1 atom stereocenters. The number of thioether (sulfide) groups is 1. The lowest BCUT2D eigenvalue weighted by Crippen LogP contribution is -2.33. The molecule has 8 heteroatoms. The first-order valence-electron chi connectivity index (χ1n) is 9.07. The van der Waals surface area contributed by atoms with Crippen LogP contribution in [0.2, 0.25) is 0 Å². The molecular formula is C21H19N5O2S. The summed E-state index contributed by atoms with van der Waals surface area (Å²) in [5, 5.41) is 4.64. The zero-order valence-electron chi connectivity index (χ0n) is 15.9. The van der Waals surface area contributed by atoms with Crippen LogP contribution in [0.25, 0.3) is 16.7 Å². The molecule has 7 nitrogen and oxygen atoms in total. The topological polar surface area (TPSA) is 83.9 Å². The van der Waals surface area contributed by atoms with Crippen LogP contribution in [0.15, 0.2) is 76.8 Å². The second-order valence-electron chi connectivity index (χ2n) is 6.49.